The Morgan fingerprint density at radius 2 is 0.800 bits per heavy atom. The number of para-hydroxylation sites is 2. The van der Waals surface area contributed by atoms with Gasteiger partial charge in [0.1, 0.15) is 11.2 Å². The van der Waals surface area contributed by atoms with Crippen LogP contribution in [0.15, 0.2) is 211 Å². The van der Waals surface area contributed by atoms with Crippen molar-refractivity contribution in [3.8, 4) is 27.9 Å². The Morgan fingerprint density at radius 3 is 1.37 bits per heavy atom. The van der Waals surface area contributed by atoms with Crippen LogP contribution in [0.25, 0.3) is 71.7 Å². The van der Waals surface area contributed by atoms with E-state index in [1.54, 1.807) is 0 Å². The number of aromatic nitrogens is 1. The number of benzene rings is 9. The fourth-order valence-electron chi connectivity index (χ4n) is 9.98. The Morgan fingerprint density at radius 1 is 0.350 bits per heavy atom. The Bertz CT molecular complexity index is 3270. The van der Waals surface area contributed by atoms with Gasteiger partial charge in [0.2, 0.25) is 0 Å². The highest BCUT2D eigenvalue weighted by Crippen LogP contribution is 2.37. The molecular weight excluding hydrogens is 743 g/mol. The SMILES string of the molecule is Cc1ccccc1[Si](c1cccc(-c2cccc(-c3ccc4oc5ccc(-n6c7ccccc7c7ccccc76)cc5c4c3)c2)c1)(c1ccccc1C)c1ccccc1C. The van der Waals surface area contributed by atoms with Crippen LogP contribution in [-0.2, 0) is 0 Å². The van der Waals surface area contributed by atoms with E-state index in [0.29, 0.717) is 0 Å². The highest BCUT2D eigenvalue weighted by molar-refractivity contribution is 7.20. The van der Waals surface area contributed by atoms with Crippen molar-refractivity contribution >= 4 is 72.6 Å². The molecule has 0 N–H and O–H groups in total. The van der Waals surface area contributed by atoms with Crippen molar-refractivity contribution < 1.29 is 4.42 Å². The van der Waals surface area contributed by atoms with Gasteiger partial charge < -0.3 is 8.98 Å². The van der Waals surface area contributed by atoms with Crippen LogP contribution in [-0.4, -0.2) is 12.6 Å². The second-order valence-corrected chi connectivity index (χ2v) is 19.9. The van der Waals surface area contributed by atoms with E-state index in [2.05, 4.69) is 232 Å². The fraction of sp³-hybridized carbons (Fsp3) is 0.0526. The predicted octanol–water partition coefficient (Wildman–Crippen LogP) is 12.3. The molecule has 0 amide bonds. The molecule has 0 saturated heterocycles. The molecule has 11 rings (SSSR count). The largest absolute Gasteiger partial charge is 0.456 e. The van der Waals surface area contributed by atoms with Gasteiger partial charge in [-0.3, -0.25) is 0 Å². The first kappa shape index (κ1) is 35.9. The highest BCUT2D eigenvalue weighted by atomic mass is 28.3. The molecule has 0 radical (unpaired) electrons. The molecule has 0 bridgehead atoms. The highest BCUT2D eigenvalue weighted by Gasteiger charge is 2.44. The molecule has 0 spiro atoms. The van der Waals surface area contributed by atoms with Gasteiger partial charge in [0, 0.05) is 27.2 Å². The molecule has 9 aromatic carbocycles. The maximum atomic E-state index is 6.46. The predicted molar refractivity (Wildman–Crippen MR) is 257 cm³/mol. The van der Waals surface area contributed by atoms with Crippen molar-refractivity contribution in [2.24, 2.45) is 0 Å². The molecule has 0 unspecified atom stereocenters. The molecule has 60 heavy (non-hydrogen) atoms. The maximum absolute atomic E-state index is 6.46. The molecule has 0 fully saturated rings. The van der Waals surface area contributed by atoms with Crippen molar-refractivity contribution in [2.45, 2.75) is 20.8 Å². The number of nitrogens with zero attached hydrogens (tertiary/aromatic N) is 1. The maximum Gasteiger partial charge on any atom is 0.180 e. The van der Waals surface area contributed by atoms with E-state index >= 15 is 0 Å². The first-order valence-electron chi connectivity index (χ1n) is 20.8. The second-order valence-electron chi connectivity index (χ2n) is 16.2. The summed E-state index contributed by atoms with van der Waals surface area (Å²) in [5.41, 5.74) is 14.0. The summed E-state index contributed by atoms with van der Waals surface area (Å²) in [5.74, 6) is 0. The van der Waals surface area contributed by atoms with Crippen LogP contribution < -0.4 is 20.7 Å². The summed E-state index contributed by atoms with van der Waals surface area (Å²) in [6.07, 6.45) is 0. The lowest BCUT2D eigenvalue weighted by Gasteiger charge is -2.38. The van der Waals surface area contributed by atoms with Crippen LogP contribution in [0.5, 0.6) is 0 Å². The average molecular weight is 786 g/mol. The van der Waals surface area contributed by atoms with Gasteiger partial charge >= 0.3 is 0 Å². The molecule has 2 aromatic heterocycles. The molecule has 3 heteroatoms. The zero-order valence-corrected chi connectivity index (χ0v) is 35.0. The molecule has 0 atom stereocenters. The number of aryl methyl sites for hydroxylation is 3. The summed E-state index contributed by atoms with van der Waals surface area (Å²) in [7, 11) is -2.79. The van der Waals surface area contributed by atoms with Gasteiger partial charge in [-0.05, 0) is 112 Å². The average Bonchev–Trinajstić information content (AvgIpc) is 3.83. The zero-order chi connectivity index (χ0) is 40.4. The third kappa shape index (κ3) is 5.61. The van der Waals surface area contributed by atoms with Crippen LogP contribution in [0, 0.1) is 20.8 Å². The summed E-state index contributed by atoms with van der Waals surface area (Å²) in [4.78, 5) is 0. The van der Waals surface area contributed by atoms with Gasteiger partial charge in [-0.1, -0.05) is 174 Å². The van der Waals surface area contributed by atoms with E-state index in [4.69, 9.17) is 4.42 Å². The molecule has 0 saturated carbocycles. The Hall–Kier alpha value is -7.20. The van der Waals surface area contributed by atoms with Gasteiger partial charge in [-0.2, -0.15) is 0 Å². The molecular formula is C57H43NOSi. The van der Waals surface area contributed by atoms with Crippen LogP contribution in [0.3, 0.4) is 0 Å². The quantitative estimate of drug-likeness (QED) is 0.116. The second kappa shape index (κ2) is 14.3. The van der Waals surface area contributed by atoms with E-state index < -0.39 is 8.07 Å². The van der Waals surface area contributed by atoms with Crippen molar-refractivity contribution in [3.63, 3.8) is 0 Å². The van der Waals surface area contributed by atoms with Crippen molar-refractivity contribution in [3.05, 3.63) is 223 Å². The number of furan rings is 1. The first-order chi connectivity index (χ1) is 29.5. The van der Waals surface area contributed by atoms with E-state index in [9.17, 15) is 0 Å². The standard InChI is InChI=1S/C57H43NOSi/c1-38-16-4-11-27-55(38)60(56-28-12-5-17-39(56)2,57-29-13-6-18-40(57)3)46-22-15-21-43(35-46)41-19-14-20-42(34-41)44-30-32-53-49(36-44)50-37-45(31-33-54(50)59-53)58-51-25-9-7-23-47(51)48-24-8-10-26-52(48)58/h4-37H,1-3H3. The minimum absolute atomic E-state index is 0.890. The topological polar surface area (TPSA) is 18.1 Å². The molecule has 286 valence electrons. The van der Waals surface area contributed by atoms with Crippen LogP contribution >= 0.6 is 0 Å². The van der Waals surface area contributed by atoms with Crippen molar-refractivity contribution in [1.82, 2.24) is 4.57 Å². The summed E-state index contributed by atoms with van der Waals surface area (Å²) in [6.45, 7) is 6.85. The summed E-state index contributed by atoms with van der Waals surface area (Å²) < 4.78 is 8.83. The molecule has 0 aliphatic heterocycles. The third-order valence-corrected chi connectivity index (χ3v) is 18.0. The summed E-state index contributed by atoms with van der Waals surface area (Å²) in [6, 6.07) is 76.2. The van der Waals surface area contributed by atoms with Crippen LogP contribution in [0.2, 0.25) is 0 Å². The van der Waals surface area contributed by atoms with E-state index in [1.807, 2.05) is 0 Å². The fourth-order valence-corrected chi connectivity index (χ4v) is 15.6. The lowest BCUT2D eigenvalue weighted by molar-refractivity contribution is 0.669. The molecule has 11 aromatic rings. The monoisotopic (exact) mass is 785 g/mol. The first-order valence-corrected chi connectivity index (χ1v) is 22.8. The van der Waals surface area contributed by atoms with Crippen molar-refractivity contribution in [1.29, 1.82) is 0 Å². The van der Waals surface area contributed by atoms with Gasteiger partial charge in [-0.25, -0.2) is 0 Å². The molecule has 0 aliphatic carbocycles. The minimum atomic E-state index is -2.79. The van der Waals surface area contributed by atoms with Gasteiger partial charge in [0.15, 0.2) is 8.07 Å². The number of fused-ring (bicyclic) bond motifs is 6. The third-order valence-electron chi connectivity index (χ3n) is 12.8. The Kier molecular flexibility index (Phi) is 8.54. The molecule has 0 aliphatic rings. The van der Waals surface area contributed by atoms with E-state index in [-0.39, 0.29) is 0 Å². The molecule has 2 nitrogen and oxygen atoms in total. The van der Waals surface area contributed by atoms with Gasteiger partial charge in [-0.15, -0.1) is 0 Å². The number of rotatable bonds is 7. The zero-order valence-electron chi connectivity index (χ0n) is 34.0. The minimum Gasteiger partial charge on any atom is -0.456 e. The van der Waals surface area contributed by atoms with Crippen LogP contribution in [0.1, 0.15) is 16.7 Å². The lowest BCUT2D eigenvalue weighted by Crippen LogP contribution is -2.76. The normalized spacial score (nSPS) is 11.9. The van der Waals surface area contributed by atoms with Crippen LogP contribution in [0.4, 0.5) is 0 Å². The van der Waals surface area contributed by atoms with E-state index in [0.717, 1.165) is 33.2 Å². The lowest BCUT2D eigenvalue weighted by atomic mass is 9.98. The number of hydrogen-bond donors (Lipinski definition) is 0. The van der Waals surface area contributed by atoms with Crippen molar-refractivity contribution in [2.75, 3.05) is 0 Å². The summed E-state index contributed by atoms with van der Waals surface area (Å²) in [5, 5.41) is 10.4. The smallest absolute Gasteiger partial charge is 0.180 e. The van der Waals surface area contributed by atoms with E-state index in [1.165, 1.54) is 75.9 Å². The Balaban J connectivity index is 1.05. The van der Waals surface area contributed by atoms with Gasteiger partial charge in [0.25, 0.3) is 0 Å². The molecule has 2 heterocycles. The number of hydrogen-bond acceptors (Lipinski definition) is 1. The Labute approximate surface area is 351 Å². The van der Waals surface area contributed by atoms with Gasteiger partial charge in [0.05, 0.1) is 11.0 Å². The summed E-state index contributed by atoms with van der Waals surface area (Å²) >= 11 is 0.